The smallest absolute Gasteiger partial charge is 0.341 e. The molecule has 0 bridgehead atoms. The summed E-state index contributed by atoms with van der Waals surface area (Å²) >= 11 is 0. The Balaban J connectivity index is 0.00000420. The first-order chi connectivity index (χ1) is 18.4. The molecular weight excluding hydrogens is 514 g/mol. The number of halogens is 1. The van der Waals surface area contributed by atoms with Crippen LogP contribution in [0.15, 0.2) is 82.0 Å². The maximum atomic E-state index is 13.1. The van der Waals surface area contributed by atoms with Crippen molar-refractivity contribution in [3.05, 3.63) is 99.7 Å². The summed E-state index contributed by atoms with van der Waals surface area (Å²) in [6.45, 7) is 8.09. The Kier molecular flexibility index (Phi) is 10.7. The lowest BCUT2D eigenvalue weighted by atomic mass is 10.0. The van der Waals surface area contributed by atoms with E-state index >= 15 is 0 Å². The minimum Gasteiger partial charge on any atom is -0.497 e. The number of methoxy groups -OCH3 is 1. The van der Waals surface area contributed by atoms with Gasteiger partial charge < -0.3 is 18.8 Å². The van der Waals surface area contributed by atoms with Gasteiger partial charge in [0.25, 0.3) is 0 Å². The second kappa shape index (κ2) is 14.0. The fourth-order valence-electron chi connectivity index (χ4n) is 4.77. The highest BCUT2D eigenvalue weighted by Gasteiger charge is 2.19. The van der Waals surface area contributed by atoms with E-state index in [2.05, 4.69) is 30.9 Å². The van der Waals surface area contributed by atoms with Crippen LogP contribution in [0.2, 0.25) is 0 Å². The number of hydrogen-bond acceptors (Lipinski definition) is 6. The molecular formula is C32H36ClNO5. The molecule has 0 fully saturated rings. The molecule has 0 saturated carbocycles. The number of carbonyl (C=O) groups excluding carboxylic acids is 1. The van der Waals surface area contributed by atoms with E-state index < -0.39 is 5.97 Å². The Morgan fingerprint density at radius 2 is 1.72 bits per heavy atom. The molecule has 206 valence electrons. The number of hydrogen-bond donors (Lipinski definition) is 0. The first kappa shape index (κ1) is 29.9. The van der Waals surface area contributed by atoms with Gasteiger partial charge >= 0.3 is 5.97 Å². The van der Waals surface area contributed by atoms with Crippen molar-refractivity contribution in [2.75, 3.05) is 26.8 Å². The number of rotatable bonds is 11. The zero-order valence-corrected chi connectivity index (χ0v) is 23.8. The van der Waals surface area contributed by atoms with Crippen molar-refractivity contribution in [2.24, 2.45) is 0 Å². The molecule has 0 aliphatic heterocycles. The van der Waals surface area contributed by atoms with Crippen LogP contribution in [-0.2, 0) is 11.2 Å². The standard InChI is InChI=1S/C32H35NO5.ClH/c1-5-33(22(2)21-24-15-17-26(36-4)18-16-24)19-10-20-37-32(35)28-14-9-13-27-29(34)23(3)30(38-31(27)28)25-11-7-6-8-12-25;/h6-9,11-18,22H,5,10,19-21H2,1-4H3;1H. The number of ether oxygens (including phenoxy) is 2. The number of likely N-dealkylation sites (N-methyl/N-ethyl adjacent to an activating group) is 1. The zero-order chi connectivity index (χ0) is 27.1. The maximum Gasteiger partial charge on any atom is 0.341 e. The van der Waals surface area contributed by atoms with Gasteiger partial charge in [0.2, 0.25) is 0 Å². The Morgan fingerprint density at radius 1 is 1.00 bits per heavy atom. The second-order valence-electron chi connectivity index (χ2n) is 9.45. The lowest BCUT2D eigenvalue weighted by molar-refractivity contribution is 0.0484. The van der Waals surface area contributed by atoms with Crippen LogP contribution < -0.4 is 10.2 Å². The first-order valence-electron chi connectivity index (χ1n) is 13.1. The van der Waals surface area contributed by atoms with Crippen LogP contribution in [-0.4, -0.2) is 43.7 Å². The molecule has 1 heterocycles. The monoisotopic (exact) mass is 549 g/mol. The van der Waals surface area contributed by atoms with Gasteiger partial charge in [0, 0.05) is 23.7 Å². The molecule has 1 atom stereocenters. The Morgan fingerprint density at radius 3 is 2.38 bits per heavy atom. The molecule has 0 N–H and O–H groups in total. The van der Waals surface area contributed by atoms with Gasteiger partial charge in [-0.2, -0.15) is 0 Å². The van der Waals surface area contributed by atoms with E-state index in [1.807, 2.05) is 42.5 Å². The lowest BCUT2D eigenvalue weighted by Gasteiger charge is -2.28. The van der Waals surface area contributed by atoms with E-state index in [9.17, 15) is 9.59 Å². The van der Waals surface area contributed by atoms with Crippen molar-refractivity contribution in [1.82, 2.24) is 4.90 Å². The van der Waals surface area contributed by atoms with Gasteiger partial charge in [-0.1, -0.05) is 55.5 Å². The van der Waals surface area contributed by atoms with Crippen LogP contribution in [0.3, 0.4) is 0 Å². The summed E-state index contributed by atoms with van der Waals surface area (Å²) in [7, 11) is 1.67. The highest BCUT2D eigenvalue weighted by atomic mass is 35.5. The third-order valence-corrected chi connectivity index (χ3v) is 6.94. The molecule has 1 unspecified atom stereocenters. The molecule has 39 heavy (non-hydrogen) atoms. The molecule has 0 saturated heterocycles. The first-order valence-corrected chi connectivity index (χ1v) is 13.1. The van der Waals surface area contributed by atoms with Crippen LogP contribution in [0.1, 0.15) is 41.8 Å². The molecule has 6 nitrogen and oxygen atoms in total. The summed E-state index contributed by atoms with van der Waals surface area (Å²) in [5.41, 5.74) is 2.93. The summed E-state index contributed by atoms with van der Waals surface area (Å²) in [5.74, 6) is 0.830. The zero-order valence-electron chi connectivity index (χ0n) is 22.9. The summed E-state index contributed by atoms with van der Waals surface area (Å²) in [4.78, 5) is 28.5. The maximum absolute atomic E-state index is 13.1. The summed E-state index contributed by atoms with van der Waals surface area (Å²) < 4.78 is 17.0. The number of carbonyl (C=O) groups is 1. The summed E-state index contributed by atoms with van der Waals surface area (Å²) in [5, 5.41) is 0.376. The quantitative estimate of drug-likeness (QED) is 0.153. The van der Waals surface area contributed by atoms with Gasteiger partial charge in [0.05, 0.1) is 19.1 Å². The van der Waals surface area contributed by atoms with E-state index in [-0.39, 0.29) is 35.6 Å². The third-order valence-electron chi connectivity index (χ3n) is 6.94. The Hall–Kier alpha value is -3.61. The van der Waals surface area contributed by atoms with Crippen LogP contribution in [0, 0.1) is 6.92 Å². The molecule has 0 aliphatic rings. The lowest BCUT2D eigenvalue weighted by Crippen LogP contribution is -2.35. The van der Waals surface area contributed by atoms with E-state index in [1.54, 1.807) is 32.2 Å². The molecule has 0 spiro atoms. The number of para-hydroxylation sites is 1. The largest absolute Gasteiger partial charge is 0.497 e. The van der Waals surface area contributed by atoms with Gasteiger partial charge in [-0.25, -0.2) is 4.79 Å². The van der Waals surface area contributed by atoms with Crippen molar-refractivity contribution in [1.29, 1.82) is 0 Å². The molecule has 7 heteroatoms. The molecule has 4 aromatic rings. The van der Waals surface area contributed by atoms with Gasteiger partial charge in [0.1, 0.15) is 17.1 Å². The van der Waals surface area contributed by atoms with Crippen molar-refractivity contribution in [2.45, 2.75) is 39.7 Å². The van der Waals surface area contributed by atoms with Gasteiger partial charge in [-0.15, -0.1) is 12.4 Å². The molecule has 3 aromatic carbocycles. The van der Waals surface area contributed by atoms with E-state index in [1.165, 1.54) is 5.56 Å². The van der Waals surface area contributed by atoms with E-state index in [4.69, 9.17) is 13.9 Å². The second-order valence-corrected chi connectivity index (χ2v) is 9.45. The number of fused-ring (bicyclic) bond motifs is 1. The Bertz CT molecular complexity index is 1430. The Labute approximate surface area is 236 Å². The highest BCUT2D eigenvalue weighted by molar-refractivity contribution is 6.02. The summed E-state index contributed by atoms with van der Waals surface area (Å²) in [6, 6.07) is 23.0. The average molecular weight is 550 g/mol. The average Bonchev–Trinajstić information content (AvgIpc) is 2.95. The SMILES string of the molecule is CCN(CCCOC(=O)c1cccc2c(=O)c(C)c(-c3ccccc3)oc12)C(C)Cc1ccc(OC)cc1.Cl. The highest BCUT2D eigenvalue weighted by Crippen LogP contribution is 2.27. The predicted octanol–water partition coefficient (Wildman–Crippen LogP) is 6.70. The van der Waals surface area contributed by atoms with Crippen LogP contribution >= 0.6 is 12.4 Å². The topological polar surface area (TPSA) is 69.0 Å². The fraction of sp³-hybridized carbons (Fsp3) is 0.312. The van der Waals surface area contributed by atoms with Crippen molar-refractivity contribution < 1.29 is 18.7 Å². The van der Waals surface area contributed by atoms with Crippen LogP contribution in [0.5, 0.6) is 5.75 Å². The predicted molar refractivity (Wildman–Crippen MR) is 158 cm³/mol. The number of esters is 1. The van der Waals surface area contributed by atoms with Crippen molar-refractivity contribution >= 4 is 29.3 Å². The molecule has 0 radical (unpaired) electrons. The van der Waals surface area contributed by atoms with Gasteiger partial charge in [0.15, 0.2) is 11.0 Å². The normalized spacial score (nSPS) is 11.7. The number of benzene rings is 3. The number of nitrogens with zero attached hydrogens (tertiary/aromatic N) is 1. The van der Waals surface area contributed by atoms with Crippen molar-refractivity contribution in [3.8, 4) is 17.1 Å². The molecule has 0 aliphatic carbocycles. The van der Waals surface area contributed by atoms with Crippen LogP contribution in [0.4, 0.5) is 0 Å². The van der Waals surface area contributed by atoms with Crippen molar-refractivity contribution in [3.63, 3.8) is 0 Å². The third kappa shape index (κ3) is 7.08. The van der Waals surface area contributed by atoms with Crippen LogP contribution in [0.25, 0.3) is 22.3 Å². The van der Waals surface area contributed by atoms with Gasteiger partial charge in [-0.3, -0.25) is 4.79 Å². The minimum atomic E-state index is -0.490. The van der Waals surface area contributed by atoms with Gasteiger partial charge in [-0.05, 0) is 63.1 Å². The van der Waals surface area contributed by atoms with E-state index in [0.29, 0.717) is 29.2 Å². The summed E-state index contributed by atoms with van der Waals surface area (Å²) in [6.07, 6.45) is 1.63. The fourth-order valence-corrected chi connectivity index (χ4v) is 4.77. The molecule has 4 rings (SSSR count). The molecule has 0 amide bonds. The van der Waals surface area contributed by atoms with E-state index in [0.717, 1.165) is 30.8 Å². The molecule has 1 aromatic heterocycles. The minimum absolute atomic E-state index is 0.